The van der Waals surface area contributed by atoms with Crippen LogP contribution < -0.4 is 5.32 Å². The smallest absolute Gasteiger partial charge is 0.157 e. The Morgan fingerprint density at radius 3 is 2.95 bits per heavy atom. The van der Waals surface area contributed by atoms with Gasteiger partial charge in [-0.05, 0) is 37.6 Å². The maximum atomic E-state index is 4.36. The van der Waals surface area contributed by atoms with Gasteiger partial charge in [-0.25, -0.2) is 15.0 Å². The molecule has 0 spiro atoms. The summed E-state index contributed by atoms with van der Waals surface area (Å²) in [4.78, 5) is 12.6. The van der Waals surface area contributed by atoms with Crippen molar-refractivity contribution in [1.29, 1.82) is 0 Å². The molecule has 3 aromatic rings. The molecule has 0 atom stereocenters. The van der Waals surface area contributed by atoms with Crippen molar-refractivity contribution in [3.63, 3.8) is 0 Å². The molecule has 0 saturated carbocycles. The zero-order valence-electron chi connectivity index (χ0n) is 10.8. The Morgan fingerprint density at radius 2 is 2.11 bits per heavy atom. The quantitative estimate of drug-likeness (QED) is 0.771. The summed E-state index contributed by atoms with van der Waals surface area (Å²) in [6, 6.07) is 5.93. The van der Waals surface area contributed by atoms with Crippen LogP contribution in [-0.4, -0.2) is 24.6 Å². The predicted octanol–water partition coefficient (Wildman–Crippen LogP) is 1.75. The number of rotatable bonds is 3. The minimum absolute atomic E-state index is 0.627. The van der Waals surface area contributed by atoms with Gasteiger partial charge in [-0.1, -0.05) is 0 Å². The molecule has 0 radical (unpaired) electrons. The molecule has 3 aromatic heterocycles. The first-order valence-corrected chi connectivity index (χ1v) is 6.05. The van der Waals surface area contributed by atoms with Crippen molar-refractivity contribution in [2.45, 2.75) is 20.4 Å². The molecule has 3 rings (SSSR count). The van der Waals surface area contributed by atoms with E-state index in [1.807, 2.05) is 32.0 Å². The number of aryl methyl sites for hydroxylation is 2. The van der Waals surface area contributed by atoms with E-state index in [-0.39, 0.29) is 0 Å². The maximum absolute atomic E-state index is 4.36. The average Bonchev–Trinajstić information content (AvgIpc) is 2.84. The number of fused-ring (bicyclic) bond motifs is 1. The van der Waals surface area contributed by atoms with Gasteiger partial charge in [0.15, 0.2) is 5.65 Å². The molecule has 0 aliphatic heterocycles. The highest BCUT2D eigenvalue weighted by atomic mass is 15.3. The lowest BCUT2D eigenvalue weighted by Crippen LogP contribution is -2.07. The van der Waals surface area contributed by atoms with Crippen LogP contribution in [0.25, 0.3) is 5.65 Å². The van der Waals surface area contributed by atoms with E-state index >= 15 is 0 Å². The fraction of sp³-hybridized carbons (Fsp3) is 0.231. The third kappa shape index (κ3) is 2.37. The second-order valence-corrected chi connectivity index (χ2v) is 4.40. The predicted molar refractivity (Wildman–Crippen MR) is 71.8 cm³/mol. The SMILES string of the molecule is Cc1cc(NCc2ccnc(C)n2)n2ncnc2c1. The van der Waals surface area contributed by atoms with Crippen LogP contribution in [0.1, 0.15) is 17.1 Å². The highest BCUT2D eigenvalue weighted by Gasteiger charge is 2.04. The zero-order valence-corrected chi connectivity index (χ0v) is 10.8. The molecule has 3 heterocycles. The molecule has 0 amide bonds. The molecule has 0 bridgehead atoms. The van der Waals surface area contributed by atoms with Crippen molar-refractivity contribution in [2.24, 2.45) is 0 Å². The molecular weight excluding hydrogens is 240 g/mol. The number of anilines is 1. The lowest BCUT2D eigenvalue weighted by atomic mass is 10.3. The number of pyridine rings is 1. The van der Waals surface area contributed by atoms with E-state index in [1.165, 1.54) is 0 Å². The topological polar surface area (TPSA) is 68.0 Å². The van der Waals surface area contributed by atoms with Crippen LogP contribution in [0.2, 0.25) is 0 Å². The molecule has 96 valence electrons. The lowest BCUT2D eigenvalue weighted by molar-refractivity contribution is 0.912. The van der Waals surface area contributed by atoms with Gasteiger partial charge >= 0.3 is 0 Å². The third-order valence-corrected chi connectivity index (χ3v) is 2.81. The summed E-state index contributed by atoms with van der Waals surface area (Å²) in [6.07, 6.45) is 3.31. The molecule has 0 fully saturated rings. The largest absolute Gasteiger partial charge is 0.364 e. The van der Waals surface area contributed by atoms with Gasteiger partial charge in [-0.3, -0.25) is 0 Å². The third-order valence-electron chi connectivity index (χ3n) is 2.81. The molecule has 0 aliphatic carbocycles. The van der Waals surface area contributed by atoms with Crippen LogP contribution in [0.15, 0.2) is 30.7 Å². The fourth-order valence-electron chi connectivity index (χ4n) is 1.97. The van der Waals surface area contributed by atoms with Crippen molar-refractivity contribution in [3.05, 3.63) is 47.8 Å². The van der Waals surface area contributed by atoms with E-state index < -0.39 is 0 Å². The fourth-order valence-corrected chi connectivity index (χ4v) is 1.97. The van der Waals surface area contributed by atoms with Gasteiger partial charge in [0.2, 0.25) is 0 Å². The van der Waals surface area contributed by atoms with Gasteiger partial charge in [0.25, 0.3) is 0 Å². The molecule has 6 nitrogen and oxygen atoms in total. The Kier molecular flexibility index (Phi) is 2.83. The van der Waals surface area contributed by atoms with Crippen LogP contribution in [0.5, 0.6) is 0 Å². The van der Waals surface area contributed by atoms with Crippen molar-refractivity contribution < 1.29 is 0 Å². The van der Waals surface area contributed by atoms with Crippen molar-refractivity contribution in [2.75, 3.05) is 5.32 Å². The number of nitrogens with zero attached hydrogens (tertiary/aromatic N) is 5. The summed E-state index contributed by atoms with van der Waals surface area (Å²) in [5.41, 5.74) is 2.92. The van der Waals surface area contributed by atoms with E-state index in [9.17, 15) is 0 Å². The minimum atomic E-state index is 0.627. The maximum Gasteiger partial charge on any atom is 0.157 e. The minimum Gasteiger partial charge on any atom is -0.364 e. The average molecular weight is 254 g/mol. The second-order valence-electron chi connectivity index (χ2n) is 4.40. The van der Waals surface area contributed by atoms with E-state index in [4.69, 9.17) is 0 Å². The van der Waals surface area contributed by atoms with E-state index in [0.29, 0.717) is 6.54 Å². The molecular formula is C13H14N6. The van der Waals surface area contributed by atoms with Crippen LogP contribution in [0.3, 0.4) is 0 Å². The summed E-state index contributed by atoms with van der Waals surface area (Å²) in [6.45, 7) is 4.54. The van der Waals surface area contributed by atoms with Crippen molar-refractivity contribution >= 4 is 11.5 Å². The summed E-state index contributed by atoms with van der Waals surface area (Å²) in [7, 11) is 0. The van der Waals surface area contributed by atoms with Crippen LogP contribution in [0.4, 0.5) is 5.82 Å². The normalized spacial score (nSPS) is 10.8. The lowest BCUT2D eigenvalue weighted by Gasteiger charge is -2.08. The Morgan fingerprint density at radius 1 is 1.21 bits per heavy atom. The highest BCUT2D eigenvalue weighted by Crippen LogP contribution is 2.13. The van der Waals surface area contributed by atoms with E-state index in [1.54, 1.807) is 17.0 Å². The number of hydrogen-bond donors (Lipinski definition) is 1. The molecule has 1 N–H and O–H groups in total. The molecule has 6 heteroatoms. The summed E-state index contributed by atoms with van der Waals surface area (Å²) in [5, 5.41) is 7.53. The Labute approximate surface area is 110 Å². The van der Waals surface area contributed by atoms with Gasteiger partial charge in [0, 0.05) is 6.20 Å². The summed E-state index contributed by atoms with van der Waals surface area (Å²) < 4.78 is 1.78. The number of hydrogen-bond acceptors (Lipinski definition) is 5. The first kappa shape index (κ1) is 11.6. The summed E-state index contributed by atoms with van der Waals surface area (Å²) >= 11 is 0. The Hall–Kier alpha value is -2.50. The van der Waals surface area contributed by atoms with Gasteiger partial charge in [0.1, 0.15) is 18.0 Å². The van der Waals surface area contributed by atoms with E-state index in [0.717, 1.165) is 28.5 Å². The van der Waals surface area contributed by atoms with Gasteiger partial charge in [-0.2, -0.15) is 9.61 Å². The number of nitrogens with one attached hydrogen (secondary N) is 1. The second kappa shape index (κ2) is 4.64. The van der Waals surface area contributed by atoms with Crippen LogP contribution >= 0.6 is 0 Å². The first-order valence-electron chi connectivity index (χ1n) is 6.05. The van der Waals surface area contributed by atoms with E-state index in [2.05, 4.69) is 25.4 Å². The monoisotopic (exact) mass is 254 g/mol. The summed E-state index contributed by atoms with van der Waals surface area (Å²) in [5.74, 6) is 1.68. The van der Waals surface area contributed by atoms with Crippen LogP contribution in [-0.2, 0) is 6.54 Å². The zero-order chi connectivity index (χ0) is 13.2. The first-order chi connectivity index (χ1) is 9.22. The van der Waals surface area contributed by atoms with Crippen molar-refractivity contribution in [1.82, 2.24) is 24.6 Å². The highest BCUT2D eigenvalue weighted by molar-refractivity contribution is 5.51. The Balaban J connectivity index is 1.87. The van der Waals surface area contributed by atoms with Crippen molar-refractivity contribution in [3.8, 4) is 0 Å². The van der Waals surface area contributed by atoms with Gasteiger partial charge < -0.3 is 5.32 Å². The molecule has 0 aliphatic rings. The Bertz CT molecular complexity index is 718. The van der Waals surface area contributed by atoms with Gasteiger partial charge in [-0.15, -0.1) is 0 Å². The number of aromatic nitrogens is 5. The standard InChI is InChI=1S/C13H14N6/c1-9-5-12(19-13(6-9)16-8-17-19)15-7-11-3-4-14-10(2)18-11/h3-6,8,15H,7H2,1-2H3. The molecule has 0 saturated heterocycles. The molecule has 0 aromatic carbocycles. The molecule has 0 unspecified atom stereocenters. The van der Waals surface area contributed by atoms with Gasteiger partial charge in [0.05, 0.1) is 12.2 Å². The molecule has 19 heavy (non-hydrogen) atoms. The van der Waals surface area contributed by atoms with Crippen LogP contribution in [0, 0.1) is 13.8 Å².